The molecule has 0 saturated carbocycles. The van der Waals surface area contributed by atoms with Crippen molar-refractivity contribution in [2.75, 3.05) is 19.8 Å². The van der Waals surface area contributed by atoms with Gasteiger partial charge in [-0.25, -0.2) is 4.79 Å². The number of amides is 1. The lowest BCUT2D eigenvalue weighted by molar-refractivity contribution is -0.162. The number of ether oxygens (including phenoxy) is 3. The number of likely N-dealkylation sites (tertiary alicyclic amines) is 1. The van der Waals surface area contributed by atoms with Gasteiger partial charge >= 0.3 is 12.1 Å². The smallest absolute Gasteiger partial charge is 0.411 e. The lowest BCUT2D eigenvalue weighted by atomic mass is 9.91. The fraction of sp³-hybridized carbons (Fsp3) is 0.556. The zero-order chi connectivity index (χ0) is 18.2. The molecule has 0 bridgehead atoms. The fourth-order valence-electron chi connectivity index (χ4n) is 2.92. The highest BCUT2D eigenvalue weighted by Crippen LogP contribution is 2.26. The van der Waals surface area contributed by atoms with Crippen LogP contribution in [0.5, 0.6) is 0 Å². The van der Waals surface area contributed by atoms with Crippen LogP contribution in [0.15, 0.2) is 30.3 Å². The zero-order valence-corrected chi connectivity index (χ0v) is 14.7. The number of rotatable bonds is 6. The standard InChI is InChI=1S/C18H26N2O5/c1-3-23-15-14(10-11-20(16(15)19)18(22)24-4-2)17(21)25-12-13-8-6-5-7-9-13/h5-9,14-16H,3-4,10-12,19H2,1-2H3/t14-,15+,16?/m1/s1. The molecule has 2 rings (SSSR count). The van der Waals surface area contributed by atoms with Crippen molar-refractivity contribution in [1.82, 2.24) is 4.90 Å². The number of benzene rings is 1. The summed E-state index contributed by atoms with van der Waals surface area (Å²) in [6, 6.07) is 9.46. The number of piperidine rings is 1. The molecule has 1 fully saturated rings. The molecule has 0 aromatic heterocycles. The van der Waals surface area contributed by atoms with Gasteiger partial charge in [0, 0.05) is 13.2 Å². The number of hydrogen-bond donors (Lipinski definition) is 1. The molecule has 1 aromatic rings. The Hall–Kier alpha value is -2.12. The van der Waals surface area contributed by atoms with E-state index in [9.17, 15) is 9.59 Å². The van der Waals surface area contributed by atoms with Gasteiger partial charge in [-0.05, 0) is 25.8 Å². The molecule has 1 unspecified atom stereocenters. The van der Waals surface area contributed by atoms with Crippen LogP contribution in [0.3, 0.4) is 0 Å². The number of nitrogens with two attached hydrogens (primary N) is 1. The van der Waals surface area contributed by atoms with Crippen molar-refractivity contribution in [2.45, 2.75) is 39.1 Å². The summed E-state index contributed by atoms with van der Waals surface area (Å²) < 4.78 is 16.1. The molecular formula is C18H26N2O5. The Labute approximate surface area is 148 Å². The summed E-state index contributed by atoms with van der Waals surface area (Å²) in [5.74, 6) is -0.870. The maximum absolute atomic E-state index is 12.5. The monoisotopic (exact) mass is 350 g/mol. The molecule has 0 spiro atoms. The highest BCUT2D eigenvalue weighted by atomic mass is 16.6. The summed E-state index contributed by atoms with van der Waals surface area (Å²) in [5.41, 5.74) is 7.08. The Morgan fingerprint density at radius 3 is 2.52 bits per heavy atom. The summed E-state index contributed by atoms with van der Waals surface area (Å²) >= 11 is 0. The number of carbonyl (C=O) groups is 2. The molecule has 3 atom stereocenters. The van der Waals surface area contributed by atoms with E-state index in [4.69, 9.17) is 19.9 Å². The second-order valence-corrected chi connectivity index (χ2v) is 5.79. The summed E-state index contributed by atoms with van der Waals surface area (Å²) in [4.78, 5) is 25.9. The van der Waals surface area contributed by atoms with Gasteiger partial charge in [0.2, 0.25) is 0 Å². The molecule has 7 heteroatoms. The van der Waals surface area contributed by atoms with Gasteiger partial charge in [-0.1, -0.05) is 30.3 Å². The van der Waals surface area contributed by atoms with E-state index in [1.165, 1.54) is 4.90 Å². The quantitative estimate of drug-likeness (QED) is 0.788. The number of carbonyl (C=O) groups excluding carboxylic acids is 2. The van der Waals surface area contributed by atoms with Crippen molar-refractivity contribution in [3.63, 3.8) is 0 Å². The van der Waals surface area contributed by atoms with Crippen LogP contribution in [0.4, 0.5) is 4.79 Å². The summed E-state index contributed by atoms with van der Waals surface area (Å²) in [5, 5.41) is 0. The van der Waals surface area contributed by atoms with Crippen molar-refractivity contribution >= 4 is 12.1 Å². The fourth-order valence-corrected chi connectivity index (χ4v) is 2.92. The number of esters is 1. The Kier molecular flexibility index (Phi) is 7.21. The van der Waals surface area contributed by atoms with E-state index < -0.39 is 24.3 Å². The van der Waals surface area contributed by atoms with Crippen LogP contribution in [0.2, 0.25) is 0 Å². The first kappa shape index (κ1) is 19.2. The number of nitrogens with zero attached hydrogens (tertiary/aromatic N) is 1. The lowest BCUT2D eigenvalue weighted by Gasteiger charge is -2.41. The highest BCUT2D eigenvalue weighted by molar-refractivity contribution is 5.74. The molecule has 1 amide bonds. The average molecular weight is 350 g/mol. The molecular weight excluding hydrogens is 324 g/mol. The first-order valence-electron chi connectivity index (χ1n) is 8.59. The third-order valence-corrected chi connectivity index (χ3v) is 4.16. The van der Waals surface area contributed by atoms with E-state index in [0.717, 1.165) is 5.56 Å². The van der Waals surface area contributed by atoms with E-state index in [2.05, 4.69) is 0 Å². The van der Waals surface area contributed by atoms with Gasteiger partial charge in [-0.3, -0.25) is 9.69 Å². The number of hydrogen-bond acceptors (Lipinski definition) is 6. The maximum atomic E-state index is 12.5. The van der Waals surface area contributed by atoms with Crippen LogP contribution in [0, 0.1) is 5.92 Å². The second-order valence-electron chi connectivity index (χ2n) is 5.79. The Bertz CT molecular complexity index is 566. The minimum atomic E-state index is -0.748. The molecule has 1 aromatic carbocycles. The molecule has 138 valence electrons. The van der Waals surface area contributed by atoms with Gasteiger partial charge in [0.05, 0.1) is 12.5 Å². The summed E-state index contributed by atoms with van der Waals surface area (Å²) in [6.07, 6.45) is -1.44. The van der Waals surface area contributed by atoms with Gasteiger partial charge in [0.15, 0.2) is 0 Å². The molecule has 1 aliphatic heterocycles. The molecule has 2 N–H and O–H groups in total. The van der Waals surface area contributed by atoms with Crippen LogP contribution >= 0.6 is 0 Å². The van der Waals surface area contributed by atoms with Crippen LogP contribution in [0.1, 0.15) is 25.8 Å². The Morgan fingerprint density at radius 2 is 1.88 bits per heavy atom. The maximum Gasteiger partial charge on any atom is 0.411 e. The predicted octanol–water partition coefficient (Wildman–Crippen LogP) is 1.90. The van der Waals surface area contributed by atoms with Crippen molar-refractivity contribution in [3.05, 3.63) is 35.9 Å². The van der Waals surface area contributed by atoms with Gasteiger partial charge < -0.3 is 19.9 Å². The zero-order valence-electron chi connectivity index (χ0n) is 14.7. The summed E-state index contributed by atoms with van der Waals surface area (Å²) in [7, 11) is 0. The van der Waals surface area contributed by atoms with Crippen LogP contribution < -0.4 is 5.73 Å². The predicted molar refractivity (Wildman–Crippen MR) is 91.5 cm³/mol. The molecule has 1 aliphatic rings. The van der Waals surface area contributed by atoms with E-state index in [-0.39, 0.29) is 19.2 Å². The molecule has 0 aliphatic carbocycles. The van der Waals surface area contributed by atoms with Gasteiger partial charge in [-0.2, -0.15) is 0 Å². The van der Waals surface area contributed by atoms with Crippen LogP contribution in [-0.4, -0.2) is 49.0 Å². The third kappa shape index (κ3) is 4.93. The molecule has 1 saturated heterocycles. The minimum absolute atomic E-state index is 0.200. The summed E-state index contributed by atoms with van der Waals surface area (Å²) in [6.45, 7) is 4.74. The average Bonchev–Trinajstić information content (AvgIpc) is 2.62. The van der Waals surface area contributed by atoms with Gasteiger partial charge in [0.1, 0.15) is 18.9 Å². The molecule has 7 nitrogen and oxygen atoms in total. The molecule has 1 heterocycles. The highest BCUT2D eigenvalue weighted by Gasteiger charge is 2.43. The topological polar surface area (TPSA) is 91.1 Å². The lowest BCUT2D eigenvalue weighted by Crippen LogP contribution is -2.61. The van der Waals surface area contributed by atoms with Crippen LogP contribution in [-0.2, 0) is 25.6 Å². The van der Waals surface area contributed by atoms with E-state index in [0.29, 0.717) is 19.6 Å². The third-order valence-electron chi connectivity index (χ3n) is 4.16. The van der Waals surface area contributed by atoms with E-state index in [1.807, 2.05) is 37.3 Å². The minimum Gasteiger partial charge on any atom is -0.461 e. The Balaban J connectivity index is 2.01. The molecule has 25 heavy (non-hydrogen) atoms. The van der Waals surface area contributed by atoms with Crippen molar-refractivity contribution in [2.24, 2.45) is 11.7 Å². The van der Waals surface area contributed by atoms with Gasteiger partial charge in [-0.15, -0.1) is 0 Å². The van der Waals surface area contributed by atoms with Crippen molar-refractivity contribution in [1.29, 1.82) is 0 Å². The first-order chi connectivity index (χ1) is 12.1. The van der Waals surface area contributed by atoms with Crippen molar-refractivity contribution < 1.29 is 23.8 Å². The molecule has 0 radical (unpaired) electrons. The van der Waals surface area contributed by atoms with Crippen molar-refractivity contribution in [3.8, 4) is 0 Å². The Morgan fingerprint density at radius 1 is 1.16 bits per heavy atom. The first-order valence-corrected chi connectivity index (χ1v) is 8.59. The van der Waals surface area contributed by atoms with Crippen LogP contribution in [0.25, 0.3) is 0 Å². The normalized spacial score (nSPS) is 23.2. The SMILES string of the molecule is CCOC(=O)N1CC[C@@H](C(=O)OCc2ccccc2)[C@H](OCC)C1N. The van der Waals surface area contributed by atoms with Gasteiger partial charge in [0.25, 0.3) is 0 Å². The van der Waals surface area contributed by atoms with E-state index >= 15 is 0 Å². The second kappa shape index (κ2) is 9.39. The van der Waals surface area contributed by atoms with E-state index in [1.54, 1.807) is 6.92 Å². The largest absolute Gasteiger partial charge is 0.461 e.